The maximum atomic E-state index is 12.4. The Hall–Kier alpha value is -0.240. The number of sulfonamides is 1. The van der Waals surface area contributed by atoms with Crippen LogP contribution in [0.2, 0.25) is 0 Å². The van der Waals surface area contributed by atoms with Crippen molar-refractivity contribution >= 4 is 43.4 Å². The van der Waals surface area contributed by atoms with Gasteiger partial charge in [-0.1, -0.05) is 15.9 Å². The van der Waals surface area contributed by atoms with Gasteiger partial charge in [0, 0.05) is 16.2 Å². The fourth-order valence-electron chi connectivity index (χ4n) is 2.05. The summed E-state index contributed by atoms with van der Waals surface area (Å²) in [5, 5.41) is 0. The third-order valence-corrected chi connectivity index (χ3v) is 6.35. The molecule has 0 radical (unpaired) electrons. The monoisotopic (exact) mass is 364 g/mol. The topological polar surface area (TPSA) is 72.2 Å². The zero-order valence-electron chi connectivity index (χ0n) is 10.6. The maximum Gasteiger partial charge on any atom is 0.241 e. The Kier molecular flexibility index (Phi) is 4.81. The molecule has 3 N–H and O–H groups in total. The van der Waals surface area contributed by atoms with Crippen LogP contribution in [-0.2, 0) is 10.0 Å². The minimum atomic E-state index is -3.50. The molecule has 2 rings (SSSR count). The van der Waals surface area contributed by atoms with E-state index in [2.05, 4.69) is 20.7 Å². The minimum Gasteiger partial charge on any atom is -0.398 e. The number of hydrogen-bond donors (Lipinski definition) is 2. The summed E-state index contributed by atoms with van der Waals surface area (Å²) in [6, 6.07) is 3.35. The van der Waals surface area contributed by atoms with Gasteiger partial charge in [-0.2, -0.15) is 11.8 Å². The Labute approximate surface area is 126 Å². The normalized spacial score (nSPS) is 17.6. The second-order valence-electron chi connectivity index (χ2n) is 4.63. The maximum absolute atomic E-state index is 12.4. The van der Waals surface area contributed by atoms with Crippen LogP contribution in [0.1, 0.15) is 18.4 Å². The molecule has 0 amide bonds. The summed E-state index contributed by atoms with van der Waals surface area (Å²) in [5.74, 6) is 2.01. The molecule has 1 aromatic rings. The lowest BCUT2D eigenvalue weighted by atomic mass is 10.2. The van der Waals surface area contributed by atoms with Crippen molar-refractivity contribution in [3.63, 3.8) is 0 Å². The predicted molar refractivity (Wildman–Crippen MR) is 84.0 cm³/mol. The molecule has 1 heterocycles. The van der Waals surface area contributed by atoms with Gasteiger partial charge in [0.05, 0.1) is 4.90 Å². The molecule has 0 saturated carbocycles. The molecule has 0 unspecified atom stereocenters. The average molecular weight is 365 g/mol. The largest absolute Gasteiger partial charge is 0.398 e. The van der Waals surface area contributed by atoms with E-state index < -0.39 is 10.0 Å². The predicted octanol–water partition coefficient (Wildman–Crippen LogP) is 2.51. The molecule has 1 aliphatic heterocycles. The van der Waals surface area contributed by atoms with Crippen LogP contribution in [0.3, 0.4) is 0 Å². The van der Waals surface area contributed by atoms with E-state index in [4.69, 9.17) is 5.73 Å². The number of rotatable bonds is 3. The van der Waals surface area contributed by atoms with E-state index in [1.54, 1.807) is 19.1 Å². The highest BCUT2D eigenvalue weighted by Crippen LogP contribution is 2.27. The van der Waals surface area contributed by atoms with Crippen LogP contribution in [0.5, 0.6) is 0 Å². The highest BCUT2D eigenvalue weighted by Gasteiger charge is 2.24. The van der Waals surface area contributed by atoms with Crippen molar-refractivity contribution in [2.75, 3.05) is 17.2 Å². The second-order valence-corrected chi connectivity index (χ2v) is 8.45. The first-order valence-corrected chi connectivity index (χ1v) is 9.49. The summed E-state index contributed by atoms with van der Waals surface area (Å²) in [4.78, 5) is 0.262. The van der Waals surface area contributed by atoms with Gasteiger partial charge in [0.1, 0.15) is 0 Å². The number of thioether (sulfide) groups is 1. The van der Waals surface area contributed by atoms with E-state index in [9.17, 15) is 8.42 Å². The SMILES string of the molecule is Cc1c(N)cc(Br)cc1S(=O)(=O)NC1CCSCC1. The van der Waals surface area contributed by atoms with Gasteiger partial charge in [0.2, 0.25) is 10.0 Å². The second kappa shape index (κ2) is 6.03. The Morgan fingerprint density at radius 3 is 2.63 bits per heavy atom. The highest BCUT2D eigenvalue weighted by molar-refractivity contribution is 9.10. The van der Waals surface area contributed by atoms with E-state index in [0.717, 1.165) is 24.3 Å². The molecule has 106 valence electrons. The number of hydrogen-bond acceptors (Lipinski definition) is 4. The van der Waals surface area contributed by atoms with Crippen molar-refractivity contribution in [1.82, 2.24) is 4.72 Å². The Bertz CT molecular complexity index is 569. The van der Waals surface area contributed by atoms with E-state index in [1.165, 1.54) is 0 Å². The molecule has 0 aromatic heterocycles. The van der Waals surface area contributed by atoms with Gasteiger partial charge in [0.15, 0.2) is 0 Å². The lowest BCUT2D eigenvalue weighted by molar-refractivity contribution is 0.528. The van der Waals surface area contributed by atoms with Crippen LogP contribution in [0, 0.1) is 6.92 Å². The number of nitrogens with one attached hydrogen (secondary N) is 1. The Balaban J connectivity index is 2.28. The quantitative estimate of drug-likeness (QED) is 0.808. The smallest absolute Gasteiger partial charge is 0.241 e. The van der Waals surface area contributed by atoms with Crippen LogP contribution >= 0.6 is 27.7 Å². The van der Waals surface area contributed by atoms with E-state index in [-0.39, 0.29) is 10.9 Å². The van der Waals surface area contributed by atoms with Crippen molar-refractivity contribution in [2.45, 2.75) is 30.7 Å². The van der Waals surface area contributed by atoms with E-state index in [0.29, 0.717) is 15.7 Å². The molecule has 1 aliphatic rings. The molecule has 7 heteroatoms. The average Bonchev–Trinajstić information content (AvgIpc) is 2.34. The number of nitrogens with two attached hydrogens (primary N) is 1. The standard InChI is InChI=1S/C12H17BrN2O2S2/c1-8-11(14)6-9(13)7-12(8)19(16,17)15-10-2-4-18-5-3-10/h6-7,10,15H,2-5,14H2,1H3. The number of nitrogen functional groups attached to an aromatic ring is 1. The van der Waals surface area contributed by atoms with Gasteiger partial charge in [-0.25, -0.2) is 13.1 Å². The number of benzene rings is 1. The van der Waals surface area contributed by atoms with Gasteiger partial charge in [-0.3, -0.25) is 0 Å². The summed E-state index contributed by atoms with van der Waals surface area (Å²) in [6.07, 6.45) is 1.76. The van der Waals surface area contributed by atoms with Gasteiger partial charge in [-0.15, -0.1) is 0 Å². The van der Waals surface area contributed by atoms with Crippen molar-refractivity contribution in [3.8, 4) is 0 Å². The Morgan fingerprint density at radius 2 is 2.00 bits per heavy atom. The van der Waals surface area contributed by atoms with Crippen LogP contribution in [0.15, 0.2) is 21.5 Å². The van der Waals surface area contributed by atoms with Gasteiger partial charge in [-0.05, 0) is 49.0 Å². The minimum absolute atomic E-state index is 0.0332. The van der Waals surface area contributed by atoms with Crippen molar-refractivity contribution in [3.05, 3.63) is 22.2 Å². The van der Waals surface area contributed by atoms with Gasteiger partial charge in [0.25, 0.3) is 0 Å². The first-order chi connectivity index (χ1) is 8.90. The van der Waals surface area contributed by atoms with Gasteiger partial charge >= 0.3 is 0 Å². The summed E-state index contributed by atoms with van der Waals surface area (Å²) in [5.41, 5.74) is 6.90. The fraction of sp³-hybridized carbons (Fsp3) is 0.500. The molecule has 4 nitrogen and oxygen atoms in total. The van der Waals surface area contributed by atoms with Crippen molar-refractivity contribution in [1.29, 1.82) is 0 Å². The summed E-state index contributed by atoms with van der Waals surface area (Å²) in [7, 11) is -3.50. The van der Waals surface area contributed by atoms with Crippen LogP contribution in [-0.4, -0.2) is 26.0 Å². The molecule has 0 atom stereocenters. The lowest BCUT2D eigenvalue weighted by Gasteiger charge is -2.23. The zero-order valence-corrected chi connectivity index (χ0v) is 13.9. The lowest BCUT2D eigenvalue weighted by Crippen LogP contribution is -2.37. The summed E-state index contributed by atoms with van der Waals surface area (Å²) >= 11 is 5.16. The molecule has 1 aromatic carbocycles. The molecule has 19 heavy (non-hydrogen) atoms. The molecule has 1 saturated heterocycles. The van der Waals surface area contributed by atoms with E-state index in [1.807, 2.05) is 11.8 Å². The molecule has 0 bridgehead atoms. The third-order valence-electron chi connectivity index (χ3n) is 3.20. The van der Waals surface area contributed by atoms with Crippen LogP contribution < -0.4 is 10.5 Å². The van der Waals surface area contributed by atoms with Gasteiger partial charge < -0.3 is 5.73 Å². The number of anilines is 1. The number of halogens is 1. The molecular weight excluding hydrogens is 348 g/mol. The summed E-state index contributed by atoms with van der Waals surface area (Å²) < 4.78 is 28.3. The summed E-state index contributed by atoms with van der Waals surface area (Å²) in [6.45, 7) is 1.73. The van der Waals surface area contributed by atoms with Crippen molar-refractivity contribution in [2.24, 2.45) is 0 Å². The van der Waals surface area contributed by atoms with Crippen LogP contribution in [0.25, 0.3) is 0 Å². The molecule has 1 fully saturated rings. The zero-order chi connectivity index (χ0) is 14.0. The Morgan fingerprint density at radius 1 is 1.37 bits per heavy atom. The first kappa shape index (κ1) is 15.2. The highest BCUT2D eigenvalue weighted by atomic mass is 79.9. The third kappa shape index (κ3) is 3.65. The first-order valence-electron chi connectivity index (χ1n) is 6.06. The van der Waals surface area contributed by atoms with Crippen molar-refractivity contribution < 1.29 is 8.42 Å². The van der Waals surface area contributed by atoms with Crippen LogP contribution in [0.4, 0.5) is 5.69 Å². The molecular formula is C12H17BrN2O2S2. The fourth-order valence-corrected chi connectivity index (χ4v) is 5.39. The van der Waals surface area contributed by atoms with E-state index >= 15 is 0 Å². The molecule has 0 spiro atoms. The molecule has 0 aliphatic carbocycles.